The Bertz CT molecular complexity index is 1520. The minimum absolute atomic E-state index is 0.0914. The first kappa shape index (κ1) is 35.5. The van der Waals surface area contributed by atoms with Crippen LogP contribution < -0.4 is 10.6 Å². The van der Waals surface area contributed by atoms with E-state index in [0.29, 0.717) is 16.7 Å². The Morgan fingerprint density at radius 2 is 1.74 bits per heavy atom. The van der Waals surface area contributed by atoms with Crippen LogP contribution in [-0.4, -0.2) is 67.1 Å². The molecular formula is C35H43F2N3O7. The number of rotatable bonds is 8. The zero-order valence-electron chi connectivity index (χ0n) is 27.2. The number of amides is 2. The topological polar surface area (TPSA) is 127 Å². The Balaban J connectivity index is 0.000000231. The number of halogens is 2. The quantitative estimate of drug-likeness (QED) is 0.255. The second-order valence-corrected chi connectivity index (χ2v) is 13.2. The molecule has 254 valence electrons. The van der Waals surface area contributed by atoms with Crippen molar-refractivity contribution >= 4 is 40.9 Å². The van der Waals surface area contributed by atoms with Crippen LogP contribution in [0.25, 0.3) is 11.0 Å². The van der Waals surface area contributed by atoms with E-state index in [1.54, 1.807) is 39.0 Å². The second kappa shape index (κ2) is 16.0. The first-order chi connectivity index (χ1) is 22.4. The van der Waals surface area contributed by atoms with E-state index < -0.39 is 30.4 Å². The van der Waals surface area contributed by atoms with E-state index in [-0.39, 0.29) is 35.5 Å². The van der Waals surface area contributed by atoms with Gasteiger partial charge in [-0.2, -0.15) is 0 Å². The summed E-state index contributed by atoms with van der Waals surface area (Å²) < 4.78 is 35.5. The van der Waals surface area contributed by atoms with Crippen LogP contribution in [0.1, 0.15) is 74.9 Å². The van der Waals surface area contributed by atoms with Gasteiger partial charge in [0.2, 0.25) is 11.7 Å². The third kappa shape index (κ3) is 9.60. The molecule has 5 rings (SSSR count). The lowest BCUT2D eigenvalue weighted by molar-refractivity contribution is -0.120. The van der Waals surface area contributed by atoms with Gasteiger partial charge in [-0.05, 0) is 102 Å². The van der Waals surface area contributed by atoms with Gasteiger partial charge in [-0.1, -0.05) is 30.3 Å². The molecule has 0 bridgehead atoms. The summed E-state index contributed by atoms with van der Waals surface area (Å²) in [4.78, 5) is 51.8. The van der Waals surface area contributed by atoms with Crippen molar-refractivity contribution in [1.82, 2.24) is 10.2 Å². The third-order valence-electron chi connectivity index (χ3n) is 8.65. The van der Waals surface area contributed by atoms with Crippen molar-refractivity contribution in [3.05, 3.63) is 65.9 Å². The molecule has 1 aromatic heterocycles. The number of alkyl carbamates (subject to hydrolysis) is 1. The maximum atomic E-state index is 13.1. The van der Waals surface area contributed by atoms with Crippen molar-refractivity contribution in [2.24, 2.45) is 11.8 Å². The van der Waals surface area contributed by atoms with Crippen LogP contribution in [0.2, 0.25) is 0 Å². The van der Waals surface area contributed by atoms with Crippen molar-refractivity contribution in [2.45, 2.75) is 76.5 Å². The fourth-order valence-electron chi connectivity index (χ4n) is 6.28. The molecule has 2 amide bonds. The number of ether oxygens (including phenoxy) is 1. The number of hydrogen-bond acceptors (Lipinski definition) is 8. The molecule has 47 heavy (non-hydrogen) atoms. The minimum Gasteiger partial charge on any atom is -0.449 e. The van der Waals surface area contributed by atoms with Crippen molar-refractivity contribution in [3.8, 4) is 0 Å². The first-order valence-corrected chi connectivity index (χ1v) is 15.9. The van der Waals surface area contributed by atoms with Crippen LogP contribution in [0.3, 0.4) is 0 Å². The van der Waals surface area contributed by atoms with E-state index >= 15 is 0 Å². The summed E-state index contributed by atoms with van der Waals surface area (Å²) in [6.07, 6.45) is 4.41. The van der Waals surface area contributed by atoms with Crippen LogP contribution in [0.4, 0.5) is 19.4 Å². The lowest BCUT2D eigenvalue weighted by Crippen LogP contribution is -2.45. The van der Waals surface area contributed by atoms with Gasteiger partial charge in [-0.25, -0.2) is 18.9 Å². The number of aldehydes is 1. The Kier molecular flexibility index (Phi) is 12.1. The number of benzene rings is 2. The highest BCUT2D eigenvalue weighted by atomic mass is 19.3. The largest absolute Gasteiger partial charge is 0.449 e. The number of anilines is 1. The Labute approximate surface area is 273 Å². The number of fused-ring (bicyclic) bond motifs is 1. The zero-order valence-corrected chi connectivity index (χ0v) is 27.2. The fraction of sp³-hybridized carbons (Fsp3) is 0.486. The maximum Gasteiger partial charge on any atom is 0.414 e. The molecule has 12 heteroatoms. The monoisotopic (exact) mass is 655 g/mol. The average molecular weight is 656 g/mol. The van der Waals surface area contributed by atoms with Crippen molar-refractivity contribution in [1.29, 1.82) is 0 Å². The standard InChI is InChI=1S/C21H19FN2O4.C14H24FNO3/c1-24-10-9-16(13-5-3-2-4-6-13)19(24)20(25)23-15-7-8-17-14(11-15)12-18(27-17)21(26)28-22;1-14(2,3)19-13(18)16-12(8-15)11-6-4-10(9-17)5-7-11/h2-8,11-12,16,19H,9-10H2,1H3,(H,23,25);9-12H,4-8H2,1-3H3,(H,16,18)/t16-,19?;10?,11?,12-/m11/s1. The molecule has 2 fully saturated rings. The van der Waals surface area contributed by atoms with Crippen molar-refractivity contribution < 1.29 is 42.2 Å². The van der Waals surface area contributed by atoms with Gasteiger partial charge < -0.3 is 24.6 Å². The van der Waals surface area contributed by atoms with Gasteiger partial charge in [0.15, 0.2) is 0 Å². The molecule has 2 aliphatic rings. The summed E-state index contributed by atoms with van der Waals surface area (Å²) in [5.74, 6) is -1.22. The van der Waals surface area contributed by atoms with Crippen LogP contribution in [0, 0.1) is 11.8 Å². The molecule has 1 saturated heterocycles. The summed E-state index contributed by atoms with van der Waals surface area (Å²) in [5.41, 5.74) is 1.54. The summed E-state index contributed by atoms with van der Waals surface area (Å²) >= 11 is 0. The van der Waals surface area contributed by atoms with Crippen LogP contribution in [0.15, 0.2) is 59.0 Å². The third-order valence-corrected chi connectivity index (χ3v) is 8.65. The van der Waals surface area contributed by atoms with Crippen molar-refractivity contribution in [2.75, 3.05) is 25.6 Å². The molecule has 2 heterocycles. The number of likely N-dealkylation sites (N-methyl/N-ethyl adjacent to an activating group) is 1. The molecule has 3 aromatic rings. The molecular weight excluding hydrogens is 612 g/mol. The lowest BCUT2D eigenvalue weighted by Gasteiger charge is -2.31. The molecule has 3 atom stereocenters. The molecule has 1 aliphatic heterocycles. The fourth-order valence-corrected chi connectivity index (χ4v) is 6.28. The van der Waals surface area contributed by atoms with Gasteiger partial charge in [0.1, 0.15) is 24.1 Å². The number of hydrogen-bond donors (Lipinski definition) is 2. The Hall–Kier alpha value is -4.32. The predicted octanol–water partition coefficient (Wildman–Crippen LogP) is 6.76. The molecule has 0 spiro atoms. The van der Waals surface area contributed by atoms with E-state index in [1.165, 1.54) is 6.07 Å². The van der Waals surface area contributed by atoms with Crippen LogP contribution >= 0.6 is 0 Å². The summed E-state index contributed by atoms with van der Waals surface area (Å²) in [6, 6.07) is 15.6. The lowest BCUT2D eigenvalue weighted by atomic mass is 9.79. The maximum absolute atomic E-state index is 13.1. The van der Waals surface area contributed by atoms with Gasteiger partial charge in [0.05, 0.1) is 12.1 Å². The zero-order chi connectivity index (χ0) is 34.1. The van der Waals surface area contributed by atoms with Crippen molar-refractivity contribution in [3.63, 3.8) is 0 Å². The Morgan fingerprint density at radius 3 is 2.36 bits per heavy atom. The first-order valence-electron chi connectivity index (χ1n) is 15.9. The number of nitrogens with one attached hydrogen (secondary N) is 2. The smallest absolute Gasteiger partial charge is 0.414 e. The summed E-state index contributed by atoms with van der Waals surface area (Å²) in [7, 11) is 1.95. The molecule has 1 unspecified atom stereocenters. The highest BCUT2D eigenvalue weighted by molar-refractivity contribution is 5.98. The van der Waals surface area contributed by atoms with E-state index in [4.69, 9.17) is 9.15 Å². The molecule has 2 N–H and O–H groups in total. The van der Waals surface area contributed by atoms with Gasteiger partial charge >= 0.3 is 12.1 Å². The molecule has 2 aromatic carbocycles. The molecule has 1 saturated carbocycles. The highest BCUT2D eigenvalue weighted by Gasteiger charge is 2.38. The van der Waals surface area contributed by atoms with E-state index in [2.05, 4.69) is 20.5 Å². The van der Waals surface area contributed by atoms with Gasteiger partial charge in [0, 0.05) is 27.4 Å². The molecule has 0 radical (unpaired) electrons. The molecule has 1 aliphatic carbocycles. The van der Waals surface area contributed by atoms with Crippen LogP contribution in [-0.2, 0) is 19.3 Å². The van der Waals surface area contributed by atoms with Crippen LogP contribution in [0.5, 0.6) is 0 Å². The van der Waals surface area contributed by atoms with E-state index in [0.717, 1.165) is 50.5 Å². The van der Waals surface area contributed by atoms with Gasteiger partial charge in [-0.3, -0.25) is 9.69 Å². The van der Waals surface area contributed by atoms with E-state index in [9.17, 15) is 28.1 Å². The minimum atomic E-state index is -1.19. The normalized spacial score (nSPS) is 22.0. The Morgan fingerprint density at radius 1 is 1.04 bits per heavy atom. The number of likely N-dealkylation sites (tertiary alicyclic amines) is 1. The number of carbonyl (C=O) groups excluding carboxylic acids is 4. The highest BCUT2D eigenvalue weighted by Crippen LogP contribution is 2.34. The number of carbonyl (C=O) groups is 4. The van der Waals surface area contributed by atoms with Gasteiger partial charge in [-0.15, -0.1) is 0 Å². The number of furan rings is 1. The second-order valence-electron chi connectivity index (χ2n) is 13.2. The number of alkyl halides is 1. The van der Waals surface area contributed by atoms with Gasteiger partial charge in [0.25, 0.3) is 0 Å². The predicted molar refractivity (Wildman–Crippen MR) is 172 cm³/mol. The number of nitrogens with zero attached hydrogens (tertiary/aromatic N) is 1. The summed E-state index contributed by atoms with van der Waals surface area (Å²) in [5, 5.41) is 6.11. The average Bonchev–Trinajstić information content (AvgIpc) is 3.66. The summed E-state index contributed by atoms with van der Waals surface area (Å²) in [6.45, 7) is 5.55. The molecule has 10 nitrogen and oxygen atoms in total. The van der Waals surface area contributed by atoms with E-state index in [1.807, 2.05) is 37.4 Å². The SMILES string of the molecule is CC(C)(C)OC(=O)N[C@H](CF)C1CCC(C=O)CC1.CN1CC[C@H](c2ccccc2)C1C(=O)Nc1ccc2oc(C(=O)OF)cc2c1.